The van der Waals surface area contributed by atoms with Crippen LogP contribution in [0.2, 0.25) is 0 Å². The van der Waals surface area contributed by atoms with Crippen molar-refractivity contribution in [2.45, 2.75) is 45.7 Å². The van der Waals surface area contributed by atoms with Crippen molar-refractivity contribution in [2.75, 3.05) is 26.2 Å². The van der Waals surface area contributed by atoms with Crippen molar-refractivity contribution < 1.29 is 4.79 Å². The highest BCUT2D eigenvalue weighted by Gasteiger charge is 2.20. The second-order valence-electron chi connectivity index (χ2n) is 8.91. The topological polar surface area (TPSA) is 74.6 Å². The summed E-state index contributed by atoms with van der Waals surface area (Å²) < 4.78 is 3.08. The Morgan fingerprint density at radius 2 is 2.00 bits per heavy atom. The fourth-order valence-corrected chi connectivity index (χ4v) is 5.16. The van der Waals surface area contributed by atoms with Crippen LogP contribution < -0.4 is 10.6 Å². The number of rotatable bonds is 11. The minimum atomic E-state index is -0.121. The quantitative estimate of drug-likeness (QED) is 0.315. The minimum Gasteiger partial charge on any atom is -0.351 e. The van der Waals surface area contributed by atoms with Crippen molar-refractivity contribution in [2.24, 2.45) is 0 Å². The lowest BCUT2D eigenvalue weighted by molar-refractivity contribution is 0.0947. The van der Waals surface area contributed by atoms with E-state index in [-0.39, 0.29) is 5.91 Å². The summed E-state index contributed by atoms with van der Waals surface area (Å²) in [5.74, 6) is -0.121. The third-order valence-electron chi connectivity index (χ3n) is 6.47. The highest BCUT2D eigenvalue weighted by atomic mass is 32.1. The summed E-state index contributed by atoms with van der Waals surface area (Å²) in [6, 6.07) is 11.2. The van der Waals surface area contributed by atoms with E-state index >= 15 is 0 Å². The van der Waals surface area contributed by atoms with Crippen LogP contribution in [0.4, 0.5) is 0 Å². The maximum absolute atomic E-state index is 12.6. The molecular formula is C26H32N6OS. The number of thiazole rings is 1. The van der Waals surface area contributed by atoms with Crippen molar-refractivity contribution in [3.8, 4) is 11.3 Å². The molecule has 3 heterocycles. The molecule has 7 nitrogen and oxygen atoms in total. The maximum atomic E-state index is 12.6. The van der Waals surface area contributed by atoms with Crippen molar-refractivity contribution >= 4 is 32.4 Å². The number of nitrogens with one attached hydrogen (secondary N) is 2. The monoisotopic (exact) mass is 476 g/mol. The number of fused-ring (bicyclic) bond motifs is 3. The Morgan fingerprint density at radius 3 is 2.74 bits per heavy atom. The molecule has 0 saturated heterocycles. The molecule has 2 N–H and O–H groups in total. The SMILES string of the molecule is CCN(CC)CCCNC(=O)c1cc2sc3nc(-c4ccc(CNC5CC5)cc4)cn3c2cn1. The maximum Gasteiger partial charge on any atom is 0.269 e. The van der Waals surface area contributed by atoms with E-state index in [1.54, 1.807) is 17.5 Å². The summed E-state index contributed by atoms with van der Waals surface area (Å²) >= 11 is 1.58. The molecule has 0 radical (unpaired) electrons. The summed E-state index contributed by atoms with van der Waals surface area (Å²) in [5, 5.41) is 6.55. The van der Waals surface area contributed by atoms with E-state index in [1.807, 2.05) is 6.07 Å². The standard InChI is InChI=1S/C26H32N6OS/c1-3-31(4-2)13-5-12-27-25(33)21-14-24-23(16-29-21)32-17-22(30-26(32)34-24)19-8-6-18(7-9-19)15-28-20-10-11-20/h6-9,14,16-17,20,28H,3-5,10-13,15H2,1-2H3,(H,27,33). The Kier molecular flexibility index (Phi) is 6.89. The van der Waals surface area contributed by atoms with Gasteiger partial charge in [0.1, 0.15) is 5.69 Å². The molecule has 1 saturated carbocycles. The Hall–Kier alpha value is -2.81. The van der Waals surface area contributed by atoms with Gasteiger partial charge >= 0.3 is 0 Å². The first-order valence-electron chi connectivity index (χ1n) is 12.3. The highest BCUT2D eigenvalue weighted by Crippen LogP contribution is 2.29. The summed E-state index contributed by atoms with van der Waals surface area (Å²) in [7, 11) is 0. The molecule has 34 heavy (non-hydrogen) atoms. The first-order valence-corrected chi connectivity index (χ1v) is 13.1. The molecule has 0 aliphatic heterocycles. The summed E-state index contributed by atoms with van der Waals surface area (Å²) in [6.07, 6.45) is 7.37. The molecule has 178 valence electrons. The van der Waals surface area contributed by atoms with Crippen molar-refractivity contribution in [3.63, 3.8) is 0 Å². The fraction of sp³-hybridized carbons (Fsp3) is 0.423. The molecule has 0 bridgehead atoms. The van der Waals surface area contributed by atoms with Gasteiger partial charge in [0.05, 0.1) is 22.1 Å². The molecule has 1 aliphatic rings. The van der Waals surface area contributed by atoms with E-state index in [4.69, 9.17) is 4.98 Å². The van der Waals surface area contributed by atoms with Gasteiger partial charge in [0.25, 0.3) is 5.91 Å². The number of benzene rings is 1. The van der Waals surface area contributed by atoms with Crippen LogP contribution in [0.3, 0.4) is 0 Å². The van der Waals surface area contributed by atoms with Gasteiger partial charge in [-0.25, -0.2) is 9.97 Å². The van der Waals surface area contributed by atoms with Crippen LogP contribution in [-0.4, -0.2) is 57.4 Å². The normalized spacial score (nSPS) is 13.9. The molecule has 8 heteroatoms. The number of imidazole rings is 1. The van der Waals surface area contributed by atoms with E-state index in [0.29, 0.717) is 18.3 Å². The van der Waals surface area contributed by atoms with E-state index in [0.717, 1.165) is 59.0 Å². The molecule has 0 spiro atoms. The summed E-state index contributed by atoms with van der Waals surface area (Å²) in [6.45, 7) is 8.96. The molecule has 1 amide bonds. The van der Waals surface area contributed by atoms with Gasteiger partial charge in [0, 0.05) is 30.9 Å². The number of nitrogens with zero attached hydrogens (tertiary/aromatic N) is 4. The zero-order valence-electron chi connectivity index (χ0n) is 19.9. The predicted octanol–water partition coefficient (Wildman–Crippen LogP) is 4.32. The van der Waals surface area contributed by atoms with E-state index < -0.39 is 0 Å². The van der Waals surface area contributed by atoms with Crippen molar-refractivity contribution in [1.29, 1.82) is 0 Å². The van der Waals surface area contributed by atoms with Crippen molar-refractivity contribution in [1.82, 2.24) is 29.9 Å². The lowest BCUT2D eigenvalue weighted by Crippen LogP contribution is -2.30. The smallest absolute Gasteiger partial charge is 0.269 e. The molecule has 1 aromatic carbocycles. The van der Waals surface area contributed by atoms with Gasteiger partial charge in [-0.1, -0.05) is 49.4 Å². The first kappa shape index (κ1) is 23.0. The summed E-state index contributed by atoms with van der Waals surface area (Å²) in [5.41, 5.74) is 4.78. The van der Waals surface area contributed by atoms with Gasteiger partial charge in [-0.3, -0.25) is 9.20 Å². The van der Waals surface area contributed by atoms with E-state index in [9.17, 15) is 4.79 Å². The zero-order chi connectivity index (χ0) is 23.5. The third kappa shape index (κ3) is 5.14. The van der Waals surface area contributed by atoms with Gasteiger partial charge in [-0.2, -0.15) is 0 Å². The second kappa shape index (κ2) is 10.2. The van der Waals surface area contributed by atoms with Crippen molar-refractivity contribution in [3.05, 3.63) is 54.0 Å². The molecule has 0 unspecified atom stereocenters. The van der Waals surface area contributed by atoms with E-state index in [2.05, 4.69) is 69.2 Å². The number of amides is 1. The number of hydrogen-bond acceptors (Lipinski definition) is 6. The molecule has 1 aliphatic carbocycles. The van der Waals surface area contributed by atoms with Crippen LogP contribution in [-0.2, 0) is 6.54 Å². The van der Waals surface area contributed by atoms with Gasteiger partial charge < -0.3 is 15.5 Å². The van der Waals surface area contributed by atoms with Crippen LogP contribution in [0, 0.1) is 0 Å². The van der Waals surface area contributed by atoms with Crippen LogP contribution in [0.5, 0.6) is 0 Å². The van der Waals surface area contributed by atoms with Gasteiger partial charge in [-0.15, -0.1) is 0 Å². The Balaban J connectivity index is 1.25. The lowest BCUT2D eigenvalue weighted by Gasteiger charge is -2.17. The first-order chi connectivity index (χ1) is 16.6. The molecule has 1 fully saturated rings. The number of aromatic nitrogens is 3. The number of hydrogen-bond donors (Lipinski definition) is 2. The Labute approximate surface area is 204 Å². The number of carbonyl (C=O) groups excluding carboxylic acids is 1. The number of pyridine rings is 1. The van der Waals surface area contributed by atoms with Gasteiger partial charge in [0.15, 0.2) is 4.96 Å². The molecular weight excluding hydrogens is 444 g/mol. The zero-order valence-corrected chi connectivity index (χ0v) is 20.7. The highest BCUT2D eigenvalue weighted by molar-refractivity contribution is 7.23. The molecule has 3 aromatic heterocycles. The van der Waals surface area contributed by atoms with Gasteiger partial charge in [0.2, 0.25) is 0 Å². The Morgan fingerprint density at radius 1 is 1.21 bits per heavy atom. The van der Waals surface area contributed by atoms with Crippen LogP contribution in [0.15, 0.2) is 42.7 Å². The minimum absolute atomic E-state index is 0.121. The third-order valence-corrected chi connectivity index (χ3v) is 7.48. The summed E-state index contributed by atoms with van der Waals surface area (Å²) in [4.78, 5) is 25.1. The Bertz CT molecular complexity index is 1270. The lowest BCUT2D eigenvalue weighted by atomic mass is 10.1. The average molecular weight is 477 g/mol. The largest absolute Gasteiger partial charge is 0.351 e. The molecule has 5 rings (SSSR count). The van der Waals surface area contributed by atoms with Gasteiger partial charge in [-0.05, 0) is 50.5 Å². The van der Waals surface area contributed by atoms with Crippen LogP contribution in [0.25, 0.3) is 26.4 Å². The predicted molar refractivity (Wildman–Crippen MR) is 138 cm³/mol. The molecule has 0 atom stereocenters. The number of carbonyl (C=O) groups is 1. The fourth-order valence-electron chi connectivity index (χ4n) is 4.14. The second-order valence-corrected chi connectivity index (χ2v) is 9.92. The van der Waals surface area contributed by atoms with Crippen LogP contribution in [0.1, 0.15) is 49.2 Å². The average Bonchev–Trinajstić information content (AvgIpc) is 3.51. The van der Waals surface area contributed by atoms with E-state index in [1.165, 1.54) is 18.4 Å². The molecule has 4 aromatic rings. The van der Waals surface area contributed by atoms with Crippen LogP contribution >= 0.6 is 11.3 Å².